The molecular formula is C37H33N3O6. The van der Waals surface area contributed by atoms with Crippen molar-refractivity contribution in [3.05, 3.63) is 129 Å². The quantitative estimate of drug-likeness (QED) is 0.204. The number of ether oxygens (including phenoxy) is 3. The van der Waals surface area contributed by atoms with Crippen molar-refractivity contribution in [1.82, 2.24) is 14.9 Å². The molecule has 0 saturated carbocycles. The lowest BCUT2D eigenvalue weighted by atomic mass is 9.84. The van der Waals surface area contributed by atoms with Crippen molar-refractivity contribution in [2.24, 2.45) is 7.05 Å². The van der Waals surface area contributed by atoms with Crippen molar-refractivity contribution in [3.8, 4) is 23.0 Å². The predicted octanol–water partition coefficient (Wildman–Crippen LogP) is 5.66. The van der Waals surface area contributed by atoms with E-state index in [4.69, 9.17) is 14.2 Å². The van der Waals surface area contributed by atoms with E-state index in [1.54, 1.807) is 29.8 Å². The van der Waals surface area contributed by atoms with Gasteiger partial charge in [-0.2, -0.15) is 0 Å². The van der Waals surface area contributed by atoms with Crippen molar-refractivity contribution >= 4 is 27.7 Å². The second kappa shape index (κ2) is 12.0. The summed E-state index contributed by atoms with van der Waals surface area (Å²) in [4.78, 5) is 31.0. The lowest BCUT2D eigenvalue weighted by Gasteiger charge is -2.27. The molecule has 1 aliphatic heterocycles. The van der Waals surface area contributed by atoms with Gasteiger partial charge < -0.3 is 34.2 Å². The number of fused-ring (bicyclic) bond motifs is 3. The molecule has 0 radical (unpaired) electrons. The zero-order valence-corrected chi connectivity index (χ0v) is 25.5. The zero-order chi connectivity index (χ0) is 31.8. The predicted molar refractivity (Wildman–Crippen MR) is 177 cm³/mol. The van der Waals surface area contributed by atoms with Gasteiger partial charge in [0.25, 0.3) is 11.5 Å². The Morgan fingerprint density at radius 1 is 0.957 bits per heavy atom. The van der Waals surface area contributed by atoms with Crippen LogP contribution in [0.15, 0.2) is 95.8 Å². The monoisotopic (exact) mass is 615 g/mol. The average Bonchev–Trinajstić information content (AvgIpc) is 3.46. The summed E-state index contributed by atoms with van der Waals surface area (Å²) in [6.45, 7) is 1.08. The van der Waals surface area contributed by atoms with Gasteiger partial charge in [0.2, 0.25) is 0 Å². The van der Waals surface area contributed by atoms with Crippen LogP contribution >= 0.6 is 0 Å². The topological polar surface area (TPSA) is 115 Å². The Morgan fingerprint density at radius 3 is 2.54 bits per heavy atom. The standard InChI is InChI=1S/C37H33N3O6/c1-40-28-15-7-4-11-24(28)34(41)32(37(40)43)31(26-13-9-17-30-35(26)46-21-20-45-30)33-23(22-10-3-6-14-27(22)39-33)18-19-38-36(42)25-12-5-8-16-29(25)44-2/h3-17,31,39,41H,18-21H2,1-2H3,(H,38,42). The van der Waals surface area contributed by atoms with Gasteiger partial charge in [-0.3, -0.25) is 9.59 Å². The molecule has 7 rings (SSSR count). The molecule has 232 valence electrons. The van der Waals surface area contributed by atoms with Gasteiger partial charge in [-0.05, 0) is 48.4 Å². The first kappa shape index (κ1) is 29.0. The number of pyridine rings is 1. The number of rotatable bonds is 8. The number of carbonyl (C=O) groups is 1. The van der Waals surface area contributed by atoms with Gasteiger partial charge in [-0.1, -0.05) is 54.6 Å². The number of para-hydroxylation sites is 4. The van der Waals surface area contributed by atoms with Gasteiger partial charge in [-0.15, -0.1) is 0 Å². The Bertz CT molecular complexity index is 2170. The minimum atomic E-state index is -0.757. The Labute approximate surface area is 265 Å². The number of hydrogen-bond donors (Lipinski definition) is 3. The molecule has 46 heavy (non-hydrogen) atoms. The highest BCUT2D eigenvalue weighted by molar-refractivity contribution is 5.97. The minimum Gasteiger partial charge on any atom is -0.507 e. The largest absolute Gasteiger partial charge is 0.507 e. The van der Waals surface area contributed by atoms with E-state index in [0.29, 0.717) is 65.5 Å². The summed E-state index contributed by atoms with van der Waals surface area (Å²) < 4.78 is 19.1. The first-order valence-electron chi connectivity index (χ1n) is 15.2. The second-order valence-electron chi connectivity index (χ2n) is 11.2. The molecule has 1 atom stereocenters. The maximum absolute atomic E-state index is 14.3. The molecule has 6 aromatic rings. The molecule has 3 N–H and O–H groups in total. The van der Waals surface area contributed by atoms with Crippen LogP contribution in [0, 0.1) is 0 Å². The molecule has 0 aliphatic carbocycles. The summed E-state index contributed by atoms with van der Waals surface area (Å²) in [7, 11) is 3.25. The number of aromatic amines is 1. The van der Waals surface area contributed by atoms with E-state index in [1.807, 2.05) is 72.8 Å². The van der Waals surface area contributed by atoms with E-state index in [0.717, 1.165) is 22.2 Å². The summed E-state index contributed by atoms with van der Waals surface area (Å²) in [5, 5.41) is 16.4. The maximum atomic E-state index is 14.3. The van der Waals surface area contributed by atoms with Crippen molar-refractivity contribution < 1.29 is 24.1 Å². The molecule has 0 bridgehead atoms. The number of amides is 1. The fraction of sp³-hybridized carbons (Fsp3) is 0.189. The maximum Gasteiger partial charge on any atom is 0.258 e. The Hall–Kier alpha value is -5.70. The van der Waals surface area contributed by atoms with Crippen LogP contribution in [0.4, 0.5) is 0 Å². The van der Waals surface area contributed by atoms with Crippen LogP contribution in [0.25, 0.3) is 21.8 Å². The van der Waals surface area contributed by atoms with Gasteiger partial charge in [0.1, 0.15) is 24.7 Å². The number of methoxy groups -OCH3 is 1. The zero-order valence-electron chi connectivity index (χ0n) is 25.5. The van der Waals surface area contributed by atoms with Crippen molar-refractivity contribution in [3.63, 3.8) is 0 Å². The van der Waals surface area contributed by atoms with Crippen molar-refractivity contribution in [2.45, 2.75) is 12.3 Å². The summed E-state index contributed by atoms with van der Waals surface area (Å²) in [5.41, 5.74) is 4.14. The van der Waals surface area contributed by atoms with Gasteiger partial charge in [-0.25, -0.2) is 0 Å². The summed E-state index contributed by atoms with van der Waals surface area (Å²) in [6.07, 6.45) is 0.442. The number of aryl methyl sites for hydroxylation is 1. The van der Waals surface area contributed by atoms with Crippen LogP contribution < -0.4 is 25.1 Å². The number of nitrogens with zero attached hydrogens (tertiary/aromatic N) is 1. The molecule has 4 aromatic carbocycles. The van der Waals surface area contributed by atoms with E-state index < -0.39 is 5.92 Å². The first-order valence-corrected chi connectivity index (χ1v) is 15.2. The number of H-pyrrole nitrogens is 1. The SMILES string of the molecule is COc1ccccc1C(=O)NCCc1c(C(c2cccc3c2OCCO3)c2c(O)c3ccccc3n(C)c2=O)[nH]c2ccccc12. The number of aromatic hydroxyl groups is 1. The summed E-state index contributed by atoms with van der Waals surface area (Å²) >= 11 is 0. The molecule has 1 aliphatic rings. The smallest absolute Gasteiger partial charge is 0.258 e. The van der Waals surface area contributed by atoms with Gasteiger partial charge in [0.15, 0.2) is 11.5 Å². The third kappa shape index (κ3) is 4.90. The van der Waals surface area contributed by atoms with Crippen LogP contribution in [0.3, 0.4) is 0 Å². The molecule has 9 nitrogen and oxygen atoms in total. The van der Waals surface area contributed by atoms with Crippen molar-refractivity contribution in [2.75, 3.05) is 26.9 Å². The third-order valence-corrected chi connectivity index (χ3v) is 8.65. The van der Waals surface area contributed by atoms with Crippen LogP contribution in [0.1, 0.15) is 38.7 Å². The third-order valence-electron chi connectivity index (χ3n) is 8.65. The molecule has 1 unspecified atom stereocenters. The fourth-order valence-electron chi connectivity index (χ4n) is 6.51. The van der Waals surface area contributed by atoms with Gasteiger partial charge >= 0.3 is 0 Å². The Kier molecular flexibility index (Phi) is 7.58. The Balaban J connectivity index is 1.41. The number of carbonyl (C=O) groups excluding carboxylic acids is 1. The minimum absolute atomic E-state index is 0.0906. The average molecular weight is 616 g/mol. The molecule has 9 heteroatoms. The second-order valence-corrected chi connectivity index (χ2v) is 11.2. The fourth-order valence-corrected chi connectivity index (χ4v) is 6.51. The highest BCUT2D eigenvalue weighted by atomic mass is 16.6. The Morgan fingerprint density at radius 2 is 1.70 bits per heavy atom. The number of aromatic nitrogens is 2. The number of benzene rings is 4. The van der Waals surface area contributed by atoms with Gasteiger partial charge in [0.05, 0.1) is 29.7 Å². The highest BCUT2D eigenvalue weighted by Gasteiger charge is 2.34. The molecule has 0 spiro atoms. The number of hydrogen-bond acceptors (Lipinski definition) is 6. The molecule has 1 amide bonds. The van der Waals surface area contributed by atoms with Crippen LogP contribution in [0.2, 0.25) is 0 Å². The number of nitrogens with one attached hydrogen (secondary N) is 2. The van der Waals surface area contributed by atoms with E-state index >= 15 is 0 Å². The van der Waals surface area contributed by atoms with E-state index in [-0.39, 0.29) is 22.8 Å². The van der Waals surface area contributed by atoms with E-state index in [2.05, 4.69) is 10.3 Å². The van der Waals surface area contributed by atoms with Crippen molar-refractivity contribution in [1.29, 1.82) is 0 Å². The molecule has 0 fully saturated rings. The molecule has 2 aromatic heterocycles. The van der Waals surface area contributed by atoms with Crippen LogP contribution in [0.5, 0.6) is 23.0 Å². The highest BCUT2D eigenvalue weighted by Crippen LogP contribution is 2.46. The molecular weight excluding hydrogens is 582 g/mol. The van der Waals surface area contributed by atoms with E-state index in [9.17, 15) is 14.7 Å². The molecule has 3 heterocycles. The molecule has 0 saturated heterocycles. The summed E-state index contributed by atoms with van der Waals surface area (Å²) in [6, 6.07) is 27.9. The normalized spacial score (nSPS) is 13.1. The lowest BCUT2D eigenvalue weighted by molar-refractivity contribution is 0.0951. The summed E-state index contributed by atoms with van der Waals surface area (Å²) in [5.74, 6) is 0.500. The van der Waals surface area contributed by atoms with Gasteiger partial charge in [0, 0.05) is 41.1 Å². The lowest BCUT2D eigenvalue weighted by Crippen LogP contribution is -2.28. The van der Waals surface area contributed by atoms with Crippen LogP contribution in [-0.2, 0) is 13.5 Å². The van der Waals surface area contributed by atoms with Crippen LogP contribution in [-0.4, -0.2) is 47.4 Å². The van der Waals surface area contributed by atoms with E-state index in [1.165, 1.54) is 7.11 Å². The first-order chi connectivity index (χ1) is 22.5.